The topological polar surface area (TPSA) is 71.4 Å². The summed E-state index contributed by atoms with van der Waals surface area (Å²) < 4.78 is 0. The van der Waals surface area contributed by atoms with E-state index in [0.717, 1.165) is 0 Å². The number of carboxylic acids is 1. The molecule has 0 spiro atoms. The summed E-state index contributed by atoms with van der Waals surface area (Å²) in [6.45, 7) is 0. The Kier molecular flexibility index (Phi) is 4.96. The van der Waals surface area contributed by atoms with E-state index in [1.807, 2.05) is 0 Å². The van der Waals surface area contributed by atoms with E-state index < -0.39 is 24.0 Å². The van der Waals surface area contributed by atoms with Crippen LogP contribution in [-0.2, 0) is 0 Å². The summed E-state index contributed by atoms with van der Waals surface area (Å²) >= 11 is 11.6. The average Bonchev–Trinajstić information content (AvgIpc) is 2.49. The number of benzene rings is 2. The summed E-state index contributed by atoms with van der Waals surface area (Å²) in [7, 11) is 0. The number of rotatable bonds is 5. The first-order chi connectivity index (χ1) is 10.4. The first kappa shape index (κ1) is 16.2. The quantitative estimate of drug-likeness (QED) is 0.657. The highest BCUT2D eigenvalue weighted by Crippen LogP contribution is 2.23. The van der Waals surface area contributed by atoms with Crippen LogP contribution in [0, 0.1) is 0 Å². The zero-order chi connectivity index (χ0) is 16.3. The van der Waals surface area contributed by atoms with Gasteiger partial charge in [0, 0.05) is 11.1 Å². The highest BCUT2D eigenvalue weighted by molar-refractivity contribution is 6.42. The number of hydrogen-bond acceptors (Lipinski definition) is 3. The standard InChI is InChI=1S/C16H10Cl2O4/c17-12-6-5-9(7-13(12)18)14(19)8-15(20)10-3-1-2-4-11(10)16(21)22/h1-7H,8H2,(H,21,22). The Bertz CT molecular complexity index is 768. The Morgan fingerprint density at radius 2 is 1.50 bits per heavy atom. The van der Waals surface area contributed by atoms with Gasteiger partial charge in [0.05, 0.1) is 22.0 Å². The molecule has 1 N–H and O–H groups in total. The van der Waals surface area contributed by atoms with E-state index in [1.165, 1.54) is 36.4 Å². The van der Waals surface area contributed by atoms with Gasteiger partial charge in [-0.3, -0.25) is 9.59 Å². The van der Waals surface area contributed by atoms with Crippen molar-refractivity contribution in [3.05, 3.63) is 69.2 Å². The van der Waals surface area contributed by atoms with Crippen molar-refractivity contribution in [3.8, 4) is 0 Å². The second-order valence-corrected chi connectivity index (χ2v) is 5.32. The smallest absolute Gasteiger partial charge is 0.336 e. The van der Waals surface area contributed by atoms with Gasteiger partial charge in [0.25, 0.3) is 0 Å². The van der Waals surface area contributed by atoms with Crippen molar-refractivity contribution in [2.45, 2.75) is 6.42 Å². The third-order valence-electron chi connectivity index (χ3n) is 3.02. The molecule has 2 aromatic carbocycles. The zero-order valence-electron chi connectivity index (χ0n) is 11.2. The molecule has 0 unspecified atom stereocenters. The molecule has 0 radical (unpaired) electrons. The molecule has 112 valence electrons. The summed E-state index contributed by atoms with van der Waals surface area (Å²) in [6.07, 6.45) is -0.442. The van der Waals surface area contributed by atoms with Gasteiger partial charge in [0.2, 0.25) is 0 Å². The molecule has 2 aromatic rings. The number of ketones is 2. The third kappa shape index (κ3) is 3.53. The molecule has 0 heterocycles. The maximum absolute atomic E-state index is 12.2. The molecule has 2 rings (SSSR count). The molecule has 0 aliphatic heterocycles. The number of halogens is 2. The van der Waals surface area contributed by atoms with Crippen LogP contribution in [0.25, 0.3) is 0 Å². The number of carbonyl (C=O) groups is 3. The molecule has 0 aromatic heterocycles. The minimum Gasteiger partial charge on any atom is -0.478 e. The van der Waals surface area contributed by atoms with Crippen LogP contribution in [-0.4, -0.2) is 22.6 Å². The van der Waals surface area contributed by atoms with E-state index in [9.17, 15) is 14.4 Å². The lowest BCUT2D eigenvalue weighted by atomic mass is 9.98. The van der Waals surface area contributed by atoms with Crippen LogP contribution in [0.4, 0.5) is 0 Å². The van der Waals surface area contributed by atoms with Crippen LogP contribution in [0.15, 0.2) is 42.5 Å². The van der Waals surface area contributed by atoms with E-state index in [-0.39, 0.29) is 21.7 Å². The molecule has 0 amide bonds. The summed E-state index contributed by atoms with van der Waals surface area (Å²) in [6, 6.07) is 10.1. The molecule has 22 heavy (non-hydrogen) atoms. The molecule has 0 saturated carbocycles. The third-order valence-corrected chi connectivity index (χ3v) is 3.76. The van der Waals surface area contributed by atoms with Crippen LogP contribution in [0.2, 0.25) is 10.0 Å². The Balaban J connectivity index is 2.23. The van der Waals surface area contributed by atoms with E-state index in [1.54, 1.807) is 6.07 Å². The molecule has 0 aliphatic carbocycles. The van der Waals surface area contributed by atoms with Crippen LogP contribution in [0.5, 0.6) is 0 Å². The van der Waals surface area contributed by atoms with Crippen LogP contribution in [0.3, 0.4) is 0 Å². The van der Waals surface area contributed by atoms with Crippen molar-refractivity contribution in [2.75, 3.05) is 0 Å². The van der Waals surface area contributed by atoms with Gasteiger partial charge in [-0.15, -0.1) is 0 Å². The lowest BCUT2D eigenvalue weighted by Gasteiger charge is -2.05. The zero-order valence-corrected chi connectivity index (χ0v) is 12.7. The largest absolute Gasteiger partial charge is 0.478 e. The monoisotopic (exact) mass is 336 g/mol. The SMILES string of the molecule is O=C(CC(=O)c1ccccc1C(=O)O)c1ccc(Cl)c(Cl)c1. The summed E-state index contributed by atoms with van der Waals surface area (Å²) in [4.78, 5) is 35.4. The van der Waals surface area contributed by atoms with Gasteiger partial charge in [-0.2, -0.15) is 0 Å². The predicted octanol–water partition coefficient (Wildman–Crippen LogP) is 4.15. The Morgan fingerprint density at radius 3 is 2.09 bits per heavy atom. The van der Waals surface area contributed by atoms with E-state index in [2.05, 4.69) is 0 Å². The van der Waals surface area contributed by atoms with Gasteiger partial charge in [-0.1, -0.05) is 41.4 Å². The minimum atomic E-state index is -1.22. The van der Waals surface area contributed by atoms with Crippen LogP contribution in [0.1, 0.15) is 37.5 Å². The summed E-state index contributed by atoms with van der Waals surface area (Å²) in [5.41, 5.74) is 0.119. The minimum absolute atomic E-state index is 0.00316. The fourth-order valence-corrected chi connectivity index (χ4v) is 2.22. The van der Waals surface area contributed by atoms with Gasteiger partial charge in [-0.25, -0.2) is 4.79 Å². The Morgan fingerprint density at radius 1 is 0.864 bits per heavy atom. The lowest BCUT2D eigenvalue weighted by molar-refractivity contribution is 0.0690. The number of carbonyl (C=O) groups excluding carboxylic acids is 2. The lowest BCUT2D eigenvalue weighted by Crippen LogP contribution is -2.13. The highest BCUT2D eigenvalue weighted by atomic mass is 35.5. The van der Waals surface area contributed by atoms with Gasteiger partial charge in [0.1, 0.15) is 0 Å². The van der Waals surface area contributed by atoms with Crippen molar-refractivity contribution in [1.82, 2.24) is 0 Å². The van der Waals surface area contributed by atoms with Crippen molar-refractivity contribution in [1.29, 1.82) is 0 Å². The average molecular weight is 337 g/mol. The molecule has 0 aliphatic rings. The molecule has 0 fully saturated rings. The molecule has 0 bridgehead atoms. The van der Waals surface area contributed by atoms with Crippen LogP contribution < -0.4 is 0 Å². The Labute approximate surface area is 136 Å². The first-order valence-electron chi connectivity index (χ1n) is 6.24. The maximum atomic E-state index is 12.2. The second kappa shape index (κ2) is 6.73. The fraction of sp³-hybridized carbons (Fsp3) is 0.0625. The molecular formula is C16H10Cl2O4. The van der Waals surface area contributed by atoms with Crippen molar-refractivity contribution < 1.29 is 19.5 Å². The van der Waals surface area contributed by atoms with Gasteiger partial charge in [-0.05, 0) is 24.3 Å². The fourth-order valence-electron chi connectivity index (χ4n) is 1.93. The number of Topliss-reactive ketones (excluding diaryl/α,β-unsaturated/α-hetero) is 2. The van der Waals surface area contributed by atoms with Crippen molar-refractivity contribution in [3.63, 3.8) is 0 Å². The predicted molar refractivity (Wildman–Crippen MR) is 83.1 cm³/mol. The summed E-state index contributed by atoms with van der Waals surface area (Å²) in [5.74, 6) is -2.23. The van der Waals surface area contributed by atoms with E-state index in [4.69, 9.17) is 28.3 Å². The number of aromatic carboxylic acids is 1. The molecule has 4 nitrogen and oxygen atoms in total. The Hall–Kier alpha value is -2.17. The number of hydrogen-bond donors (Lipinski definition) is 1. The number of carboxylic acid groups (broad SMARTS) is 1. The molecule has 6 heteroatoms. The van der Waals surface area contributed by atoms with Crippen LogP contribution >= 0.6 is 23.2 Å². The molecular weight excluding hydrogens is 327 g/mol. The van der Waals surface area contributed by atoms with Crippen molar-refractivity contribution >= 4 is 40.7 Å². The van der Waals surface area contributed by atoms with Gasteiger partial charge < -0.3 is 5.11 Å². The van der Waals surface area contributed by atoms with E-state index in [0.29, 0.717) is 5.02 Å². The van der Waals surface area contributed by atoms with Gasteiger partial charge >= 0.3 is 5.97 Å². The van der Waals surface area contributed by atoms with E-state index >= 15 is 0 Å². The molecule has 0 saturated heterocycles. The second-order valence-electron chi connectivity index (χ2n) is 4.50. The van der Waals surface area contributed by atoms with Gasteiger partial charge in [0.15, 0.2) is 11.6 Å². The summed E-state index contributed by atoms with van der Waals surface area (Å²) in [5, 5.41) is 9.58. The van der Waals surface area contributed by atoms with Crippen molar-refractivity contribution in [2.24, 2.45) is 0 Å². The normalized spacial score (nSPS) is 10.3. The highest BCUT2D eigenvalue weighted by Gasteiger charge is 2.19. The maximum Gasteiger partial charge on any atom is 0.336 e. The molecule has 0 atom stereocenters. The first-order valence-corrected chi connectivity index (χ1v) is 6.99.